The van der Waals surface area contributed by atoms with Crippen LogP contribution in [0.15, 0.2) is 24.3 Å². The van der Waals surface area contributed by atoms with Gasteiger partial charge in [0.15, 0.2) is 0 Å². The molecule has 1 aromatic carbocycles. The van der Waals surface area contributed by atoms with E-state index in [2.05, 4.69) is 6.92 Å². The molecular weight excluding hydrogens is 266 g/mol. The Hall–Kier alpha value is -1.55. The van der Waals surface area contributed by atoms with Crippen LogP contribution in [0.4, 0.5) is 0 Å². The fourth-order valence-electron chi connectivity index (χ4n) is 2.88. The molecular formula is C17H25NO3. The van der Waals surface area contributed by atoms with Crippen LogP contribution >= 0.6 is 0 Å². The molecule has 1 heterocycles. The van der Waals surface area contributed by atoms with E-state index >= 15 is 0 Å². The van der Waals surface area contributed by atoms with Crippen molar-refractivity contribution in [2.75, 3.05) is 26.3 Å². The van der Waals surface area contributed by atoms with Crippen molar-refractivity contribution in [3.05, 3.63) is 29.8 Å². The summed E-state index contributed by atoms with van der Waals surface area (Å²) in [4.78, 5) is 14.4. The second-order valence-electron chi connectivity index (χ2n) is 5.76. The number of amides is 1. The number of carbonyl (C=O) groups excluding carboxylic acids is 1. The first kappa shape index (κ1) is 15.8. The molecule has 0 unspecified atom stereocenters. The highest BCUT2D eigenvalue weighted by molar-refractivity contribution is 5.94. The Kier molecular flexibility index (Phi) is 5.23. The lowest BCUT2D eigenvalue weighted by molar-refractivity contribution is 0.0338. The van der Waals surface area contributed by atoms with E-state index in [1.807, 2.05) is 30.0 Å². The van der Waals surface area contributed by atoms with Crippen LogP contribution in [-0.4, -0.2) is 42.2 Å². The molecule has 116 valence electrons. The van der Waals surface area contributed by atoms with Gasteiger partial charge in [-0.1, -0.05) is 13.0 Å². The minimum Gasteiger partial charge on any atom is -0.494 e. The fraction of sp³-hybridized carbons (Fsp3) is 0.588. The molecule has 2 rings (SSSR count). The number of likely N-dealkylation sites (tertiary alicyclic amines) is 1. The smallest absolute Gasteiger partial charge is 0.253 e. The van der Waals surface area contributed by atoms with Crippen molar-refractivity contribution in [1.82, 2.24) is 4.90 Å². The van der Waals surface area contributed by atoms with Gasteiger partial charge in [-0.3, -0.25) is 4.79 Å². The highest BCUT2D eigenvalue weighted by Gasteiger charge is 2.34. The van der Waals surface area contributed by atoms with Crippen LogP contribution in [0.2, 0.25) is 0 Å². The quantitative estimate of drug-likeness (QED) is 0.907. The van der Waals surface area contributed by atoms with Crippen LogP contribution in [0.3, 0.4) is 0 Å². The lowest BCUT2D eigenvalue weighted by Crippen LogP contribution is -2.44. The first-order valence-corrected chi connectivity index (χ1v) is 7.77. The molecule has 4 heteroatoms. The predicted octanol–water partition coefficient (Wildman–Crippen LogP) is 2.71. The molecule has 0 atom stereocenters. The summed E-state index contributed by atoms with van der Waals surface area (Å²) in [6, 6.07) is 7.36. The molecule has 1 amide bonds. The van der Waals surface area contributed by atoms with Crippen LogP contribution in [0.25, 0.3) is 0 Å². The average molecular weight is 291 g/mol. The number of benzene rings is 1. The molecule has 1 aromatic rings. The number of rotatable bonds is 5. The zero-order valence-corrected chi connectivity index (χ0v) is 13.0. The van der Waals surface area contributed by atoms with Crippen molar-refractivity contribution in [2.45, 2.75) is 33.1 Å². The molecule has 0 aliphatic carbocycles. The van der Waals surface area contributed by atoms with Gasteiger partial charge >= 0.3 is 0 Å². The monoisotopic (exact) mass is 291 g/mol. The SMILES string of the molecule is CCOc1cccc(C(=O)N2CCC(CC)(CO)CC2)c1. The third kappa shape index (κ3) is 3.56. The van der Waals surface area contributed by atoms with E-state index in [1.54, 1.807) is 6.07 Å². The summed E-state index contributed by atoms with van der Waals surface area (Å²) in [6.07, 6.45) is 2.71. The number of hydrogen-bond acceptors (Lipinski definition) is 3. The third-order valence-corrected chi connectivity index (χ3v) is 4.59. The summed E-state index contributed by atoms with van der Waals surface area (Å²) >= 11 is 0. The first-order chi connectivity index (χ1) is 10.1. The van der Waals surface area contributed by atoms with Gasteiger partial charge in [0.05, 0.1) is 6.61 Å². The maximum atomic E-state index is 12.6. The van der Waals surface area contributed by atoms with E-state index in [-0.39, 0.29) is 17.9 Å². The van der Waals surface area contributed by atoms with E-state index in [0.717, 1.165) is 25.0 Å². The standard InChI is InChI=1S/C17H25NO3/c1-3-17(13-19)8-10-18(11-9-17)16(20)14-6-5-7-15(12-14)21-4-2/h5-7,12,19H,3-4,8-11,13H2,1-2H3. The Bertz CT molecular complexity index is 473. The van der Waals surface area contributed by atoms with Gasteiger partial charge in [-0.15, -0.1) is 0 Å². The van der Waals surface area contributed by atoms with Crippen LogP contribution in [-0.2, 0) is 0 Å². The molecule has 0 spiro atoms. The second-order valence-corrected chi connectivity index (χ2v) is 5.76. The average Bonchev–Trinajstić information content (AvgIpc) is 2.55. The van der Waals surface area contributed by atoms with Gasteiger partial charge in [-0.25, -0.2) is 0 Å². The van der Waals surface area contributed by atoms with Gasteiger partial charge in [0.2, 0.25) is 0 Å². The Labute approximate surface area is 126 Å². The van der Waals surface area contributed by atoms with Crippen LogP contribution in [0.5, 0.6) is 5.75 Å². The molecule has 0 bridgehead atoms. The zero-order valence-electron chi connectivity index (χ0n) is 13.0. The van der Waals surface area contributed by atoms with Crippen molar-refractivity contribution < 1.29 is 14.6 Å². The predicted molar refractivity (Wildman–Crippen MR) is 82.6 cm³/mol. The van der Waals surface area contributed by atoms with Gasteiger partial charge in [0, 0.05) is 25.3 Å². The number of carbonyl (C=O) groups is 1. The summed E-state index contributed by atoms with van der Waals surface area (Å²) in [7, 11) is 0. The van der Waals surface area contributed by atoms with Crippen molar-refractivity contribution >= 4 is 5.91 Å². The summed E-state index contributed by atoms with van der Waals surface area (Å²) < 4.78 is 5.45. The number of piperidine rings is 1. The third-order valence-electron chi connectivity index (χ3n) is 4.59. The number of hydrogen-bond donors (Lipinski definition) is 1. The summed E-state index contributed by atoms with van der Waals surface area (Å²) in [5, 5.41) is 9.56. The van der Waals surface area contributed by atoms with E-state index < -0.39 is 0 Å². The minimum atomic E-state index is 0.00392. The molecule has 1 saturated heterocycles. The number of nitrogens with zero attached hydrogens (tertiary/aromatic N) is 1. The highest BCUT2D eigenvalue weighted by Crippen LogP contribution is 2.34. The molecule has 0 saturated carbocycles. The Balaban J connectivity index is 2.03. The minimum absolute atomic E-state index is 0.00392. The maximum Gasteiger partial charge on any atom is 0.253 e. The van der Waals surface area contributed by atoms with Crippen LogP contribution in [0.1, 0.15) is 43.5 Å². The Morgan fingerprint density at radius 3 is 2.62 bits per heavy atom. The fourth-order valence-corrected chi connectivity index (χ4v) is 2.88. The van der Waals surface area contributed by atoms with E-state index in [0.29, 0.717) is 25.3 Å². The van der Waals surface area contributed by atoms with Gasteiger partial charge in [0.25, 0.3) is 5.91 Å². The number of aliphatic hydroxyl groups excluding tert-OH is 1. The molecule has 0 aromatic heterocycles. The van der Waals surface area contributed by atoms with Crippen LogP contribution in [0, 0.1) is 5.41 Å². The van der Waals surface area contributed by atoms with Gasteiger partial charge in [-0.2, -0.15) is 0 Å². The van der Waals surface area contributed by atoms with E-state index in [9.17, 15) is 9.90 Å². The highest BCUT2D eigenvalue weighted by atomic mass is 16.5. The second kappa shape index (κ2) is 6.94. The molecule has 1 fully saturated rings. The molecule has 4 nitrogen and oxygen atoms in total. The maximum absolute atomic E-state index is 12.6. The van der Waals surface area contributed by atoms with Gasteiger partial charge in [-0.05, 0) is 49.8 Å². The zero-order chi connectivity index (χ0) is 15.3. The van der Waals surface area contributed by atoms with Gasteiger partial charge in [0.1, 0.15) is 5.75 Å². The lowest BCUT2D eigenvalue weighted by atomic mass is 9.77. The molecule has 1 N–H and O–H groups in total. The van der Waals surface area contributed by atoms with Crippen molar-refractivity contribution in [3.8, 4) is 5.75 Å². The molecule has 1 aliphatic rings. The molecule has 1 aliphatic heterocycles. The number of ether oxygens (including phenoxy) is 1. The van der Waals surface area contributed by atoms with Crippen molar-refractivity contribution in [2.24, 2.45) is 5.41 Å². The van der Waals surface area contributed by atoms with Crippen LogP contribution < -0.4 is 4.74 Å². The Morgan fingerprint density at radius 2 is 2.05 bits per heavy atom. The summed E-state index contributed by atoms with van der Waals surface area (Å²) in [5.74, 6) is 0.790. The first-order valence-electron chi connectivity index (χ1n) is 7.77. The van der Waals surface area contributed by atoms with E-state index in [4.69, 9.17) is 4.74 Å². The normalized spacial score (nSPS) is 17.6. The van der Waals surface area contributed by atoms with E-state index in [1.165, 1.54) is 0 Å². The van der Waals surface area contributed by atoms with Gasteiger partial charge < -0.3 is 14.7 Å². The van der Waals surface area contributed by atoms with Crippen molar-refractivity contribution in [1.29, 1.82) is 0 Å². The summed E-state index contributed by atoms with van der Waals surface area (Å²) in [6.45, 7) is 6.28. The molecule has 21 heavy (non-hydrogen) atoms. The Morgan fingerprint density at radius 1 is 1.33 bits per heavy atom. The largest absolute Gasteiger partial charge is 0.494 e. The topological polar surface area (TPSA) is 49.8 Å². The lowest BCUT2D eigenvalue weighted by Gasteiger charge is -2.40. The molecule has 0 radical (unpaired) electrons. The van der Waals surface area contributed by atoms with Crippen molar-refractivity contribution in [3.63, 3.8) is 0 Å². The number of aliphatic hydroxyl groups is 1. The summed E-state index contributed by atoms with van der Waals surface area (Å²) in [5.41, 5.74) is 0.679.